The van der Waals surface area contributed by atoms with Crippen LogP contribution in [0.3, 0.4) is 0 Å². The van der Waals surface area contributed by atoms with Crippen LogP contribution in [0.2, 0.25) is 10.0 Å². The molecule has 21 heavy (non-hydrogen) atoms. The number of methoxy groups -OCH3 is 1. The average molecular weight is 319 g/mol. The second-order valence-electron chi connectivity index (χ2n) is 4.50. The van der Waals surface area contributed by atoms with Crippen LogP contribution in [0.4, 0.5) is 0 Å². The Morgan fingerprint density at radius 2 is 1.81 bits per heavy atom. The van der Waals surface area contributed by atoms with Crippen molar-refractivity contribution in [3.8, 4) is 28.4 Å². The van der Waals surface area contributed by atoms with E-state index in [1.807, 2.05) is 30.3 Å². The number of nitrogens with zero attached hydrogens (tertiary/aromatic N) is 1. The molecule has 106 valence electrons. The topological polar surface area (TPSA) is 37.9 Å². The zero-order valence-electron chi connectivity index (χ0n) is 11.2. The number of nitrogens with one attached hydrogen (secondary N) is 1. The molecule has 0 saturated carbocycles. The van der Waals surface area contributed by atoms with E-state index < -0.39 is 0 Å². The minimum atomic E-state index is 0.590. The van der Waals surface area contributed by atoms with Crippen molar-refractivity contribution in [1.82, 2.24) is 9.97 Å². The van der Waals surface area contributed by atoms with Gasteiger partial charge in [-0.1, -0.05) is 23.2 Å². The van der Waals surface area contributed by atoms with Crippen LogP contribution in [-0.4, -0.2) is 17.1 Å². The number of ether oxygens (including phenoxy) is 1. The third-order valence-electron chi connectivity index (χ3n) is 3.16. The van der Waals surface area contributed by atoms with Gasteiger partial charge in [-0.15, -0.1) is 0 Å². The zero-order valence-corrected chi connectivity index (χ0v) is 12.7. The Hall–Kier alpha value is -1.97. The molecule has 3 aromatic rings. The molecule has 0 aliphatic carbocycles. The summed E-state index contributed by atoms with van der Waals surface area (Å²) < 4.78 is 5.15. The summed E-state index contributed by atoms with van der Waals surface area (Å²) in [7, 11) is 1.64. The summed E-state index contributed by atoms with van der Waals surface area (Å²) in [6.07, 6.45) is 1.76. The smallest absolute Gasteiger partial charge is 0.137 e. The third kappa shape index (κ3) is 2.89. The summed E-state index contributed by atoms with van der Waals surface area (Å²) in [5, 5.41) is 1.20. The van der Waals surface area contributed by atoms with E-state index in [1.165, 1.54) is 0 Å². The molecule has 0 spiro atoms. The highest BCUT2D eigenvalue weighted by Crippen LogP contribution is 2.30. The monoisotopic (exact) mass is 318 g/mol. The molecular weight excluding hydrogens is 307 g/mol. The molecule has 1 heterocycles. The average Bonchev–Trinajstić information content (AvgIpc) is 2.97. The highest BCUT2D eigenvalue weighted by atomic mass is 35.5. The number of imidazole rings is 1. The molecule has 0 radical (unpaired) electrons. The fraction of sp³-hybridized carbons (Fsp3) is 0.0625. The molecule has 3 nitrogen and oxygen atoms in total. The van der Waals surface area contributed by atoms with Crippen LogP contribution in [0.5, 0.6) is 5.75 Å². The normalized spacial score (nSPS) is 10.6. The number of H-pyrrole nitrogens is 1. The van der Waals surface area contributed by atoms with Gasteiger partial charge in [-0.2, -0.15) is 0 Å². The predicted molar refractivity (Wildman–Crippen MR) is 86.0 cm³/mol. The number of aromatic amines is 1. The second-order valence-corrected chi connectivity index (χ2v) is 5.34. The number of hydrogen-bond acceptors (Lipinski definition) is 2. The Bertz CT molecular complexity index is 766. The van der Waals surface area contributed by atoms with E-state index in [-0.39, 0.29) is 0 Å². The van der Waals surface area contributed by atoms with Gasteiger partial charge in [0.25, 0.3) is 0 Å². The maximum absolute atomic E-state index is 6.21. The maximum Gasteiger partial charge on any atom is 0.137 e. The summed E-state index contributed by atoms with van der Waals surface area (Å²) in [4.78, 5) is 7.66. The summed E-state index contributed by atoms with van der Waals surface area (Å²) in [5.74, 6) is 1.59. The minimum Gasteiger partial charge on any atom is -0.497 e. The molecule has 0 amide bonds. The molecule has 1 aromatic heterocycles. The number of rotatable bonds is 3. The van der Waals surface area contributed by atoms with Crippen molar-refractivity contribution >= 4 is 23.2 Å². The number of benzene rings is 2. The van der Waals surface area contributed by atoms with Crippen LogP contribution < -0.4 is 4.74 Å². The summed E-state index contributed by atoms with van der Waals surface area (Å²) in [6.45, 7) is 0. The Labute approximate surface area is 132 Å². The van der Waals surface area contributed by atoms with Gasteiger partial charge in [0, 0.05) is 16.1 Å². The summed E-state index contributed by atoms with van der Waals surface area (Å²) in [5.41, 5.74) is 2.70. The quantitative estimate of drug-likeness (QED) is 0.733. The van der Waals surface area contributed by atoms with Crippen LogP contribution in [0, 0.1) is 0 Å². The molecular formula is C16H12Cl2N2O. The Morgan fingerprint density at radius 1 is 1.05 bits per heavy atom. The van der Waals surface area contributed by atoms with Gasteiger partial charge >= 0.3 is 0 Å². The zero-order chi connectivity index (χ0) is 14.8. The molecule has 0 atom stereocenters. The molecule has 1 N–H and O–H groups in total. The highest BCUT2D eigenvalue weighted by molar-refractivity contribution is 6.36. The van der Waals surface area contributed by atoms with Gasteiger partial charge in [0.05, 0.1) is 24.0 Å². The lowest BCUT2D eigenvalue weighted by molar-refractivity contribution is 0.415. The third-order valence-corrected chi connectivity index (χ3v) is 3.71. The predicted octanol–water partition coefficient (Wildman–Crippen LogP) is 5.06. The van der Waals surface area contributed by atoms with E-state index in [0.717, 1.165) is 28.4 Å². The molecule has 0 fully saturated rings. The maximum atomic E-state index is 6.21. The van der Waals surface area contributed by atoms with E-state index in [0.29, 0.717) is 10.0 Å². The van der Waals surface area contributed by atoms with Crippen LogP contribution in [-0.2, 0) is 0 Å². The number of hydrogen-bond donors (Lipinski definition) is 1. The molecule has 0 aliphatic heterocycles. The first-order chi connectivity index (χ1) is 10.2. The van der Waals surface area contributed by atoms with E-state index in [1.54, 1.807) is 25.4 Å². The summed E-state index contributed by atoms with van der Waals surface area (Å²) in [6, 6.07) is 13.1. The minimum absolute atomic E-state index is 0.590. The SMILES string of the molecule is COc1ccc(-c2ncc(-c3ccc(Cl)cc3Cl)[nH]2)cc1. The second kappa shape index (κ2) is 5.80. The first-order valence-corrected chi connectivity index (χ1v) is 7.08. The lowest BCUT2D eigenvalue weighted by atomic mass is 10.2. The van der Waals surface area contributed by atoms with Gasteiger partial charge in [0.15, 0.2) is 0 Å². The standard InChI is InChI=1S/C16H12Cl2N2O/c1-21-12-5-2-10(3-6-12)16-19-9-15(20-16)13-7-4-11(17)8-14(13)18/h2-9H,1H3,(H,19,20). The molecule has 0 unspecified atom stereocenters. The van der Waals surface area contributed by atoms with Crippen molar-refractivity contribution in [3.63, 3.8) is 0 Å². The molecule has 3 rings (SSSR count). The van der Waals surface area contributed by atoms with Crippen LogP contribution in [0.1, 0.15) is 0 Å². The molecule has 0 bridgehead atoms. The van der Waals surface area contributed by atoms with Gasteiger partial charge in [-0.3, -0.25) is 0 Å². The van der Waals surface area contributed by atoms with Crippen molar-refractivity contribution in [3.05, 3.63) is 58.7 Å². The Balaban J connectivity index is 1.95. The fourth-order valence-corrected chi connectivity index (χ4v) is 2.57. The van der Waals surface area contributed by atoms with Gasteiger partial charge in [-0.25, -0.2) is 4.98 Å². The van der Waals surface area contributed by atoms with Crippen molar-refractivity contribution < 1.29 is 4.74 Å². The van der Waals surface area contributed by atoms with E-state index in [2.05, 4.69) is 9.97 Å². The van der Waals surface area contributed by atoms with Crippen molar-refractivity contribution in [1.29, 1.82) is 0 Å². The van der Waals surface area contributed by atoms with Gasteiger partial charge in [0.2, 0.25) is 0 Å². The fourth-order valence-electron chi connectivity index (χ4n) is 2.06. The highest BCUT2D eigenvalue weighted by Gasteiger charge is 2.09. The molecule has 2 aromatic carbocycles. The number of halogens is 2. The van der Waals surface area contributed by atoms with E-state index >= 15 is 0 Å². The van der Waals surface area contributed by atoms with Gasteiger partial charge in [-0.05, 0) is 42.5 Å². The summed E-state index contributed by atoms with van der Waals surface area (Å²) >= 11 is 12.1. The van der Waals surface area contributed by atoms with E-state index in [4.69, 9.17) is 27.9 Å². The van der Waals surface area contributed by atoms with Crippen LogP contribution >= 0.6 is 23.2 Å². The van der Waals surface area contributed by atoms with Crippen LogP contribution in [0.15, 0.2) is 48.7 Å². The first kappa shape index (κ1) is 14.0. The largest absolute Gasteiger partial charge is 0.497 e. The molecule has 0 saturated heterocycles. The van der Waals surface area contributed by atoms with Gasteiger partial charge < -0.3 is 9.72 Å². The first-order valence-electron chi connectivity index (χ1n) is 6.32. The number of aromatic nitrogens is 2. The van der Waals surface area contributed by atoms with Crippen molar-refractivity contribution in [2.24, 2.45) is 0 Å². The molecule has 0 aliphatic rings. The van der Waals surface area contributed by atoms with Crippen LogP contribution in [0.25, 0.3) is 22.6 Å². The Kier molecular flexibility index (Phi) is 3.86. The van der Waals surface area contributed by atoms with Gasteiger partial charge in [0.1, 0.15) is 11.6 Å². The lowest BCUT2D eigenvalue weighted by Crippen LogP contribution is -1.84. The van der Waals surface area contributed by atoms with E-state index in [9.17, 15) is 0 Å². The molecule has 5 heteroatoms. The van der Waals surface area contributed by atoms with Crippen molar-refractivity contribution in [2.75, 3.05) is 7.11 Å². The lowest BCUT2D eigenvalue weighted by Gasteiger charge is -2.02. The Morgan fingerprint density at radius 3 is 2.48 bits per heavy atom. The van der Waals surface area contributed by atoms with Crippen molar-refractivity contribution in [2.45, 2.75) is 0 Å².